The lowest BCUT2D eigenvalue weighted by Gasteiger charge is -2.31. The second kappa shape index (κ2) is 7.23. The van der Waals surface area contributed by atoms with Gasteiger partial charge in [-0.25, -0.2) is 4.39 Å². The van der Waals surface area contributed by atoms with Gasteiger partial charge in [0, 0.05) is 28.8 Å². The third kappa shape index (κ3) is 3.11. The minimum absolute atomic E-state index is 0.0509. The van der Waals surface area contributed by atoms with Gasteiger partial charge >= 0.3 is 0 Å². The van der Waals surface area contributed by atoms with Crippen molar-refractivity contribution in [3.05, 3.63) is 76.7 Å². The van der Waals surface area contributed by atoms with Crippen LogP contribution in [0.5, 0.6) is 5.75 Å². The summed E-state index contributed by atoms with van der Waals surface area (Å²) < 4.78 is 20.1. The van der Waals surface area contributed by atoms with Crippen molar-refractivity contribution in [3.8, 4) is 5.75 Å². The molecule has 0 saturated carbocycles. The van der Waals surface area contributed by atoms with Crippen LogP contribution in [0.3, 0.4) is 0 Å². The molecule has 4 rings (SSSR count). The number of fused-ring (bicyclic) bond motifs is 3. The van der Waals surface area contributed by atoms with Gasteiger partial charge in [0.2, 0.25) is 0 Å². The first kappa shape index (κ1) is 18.4. The first-order chi connectivity index (χ1) is 13.5. The van der Waals surface area contributed by atoms with E-state index in [9.17, 15) is 9.18 Å². The molecular weight excluding hydrogens is 355 g/mol. The SMILES string of the molecule is COc1ccc2c(c1)CC[C@@H]1C2=NN(/C(C)=C/C(C)=O)[C@@H]1c1ccccc1F. The van der Waals surface area contributed by atoms with Gasteiger partial charge in [-0.2, -0.15) is 5.10 Å². The summed E-state index contributed by atoms with van der Waals surface area (Å²) in [6.45, 7) is 3.37. The van der Waals surface area contributed by atoms with Crippen molar-refractivity contribution in [2.75, 3.05) is 7.11 Å². The van der Waals surface area contributed by atoms with Crippen LogP contribution >= 0.6 is 0 Å². The molecule has 1 aliphatic heterocycles. The number of hydrogen-bond acceptors (Lipinski definition) is 4. The number of ketones is 1. The van der Waals surface area contributed by atoms with E-state index in [2.05, 4.69) is 0 Å². The molecular formula is C23H23FN2O2. The van der Waals surface area contributed by atoms with Gasteiger partial charge in [0.25, 0.3) is 0 Å². The minimum Gasteiger partial charge on any atom is -0.497 e. The number of ether oxygens (including phenoxy) is 1. The normalized spacial score (nSPS) is 21.1. The lowest BCUT2D eigenvalue weighted by Crippen LogP contribution is -2.29. The summed E-state index contributed by atoms with van der Waals surface area (Å²) in [5, 5.41) is 6.70. The minimum atomic E-state index is -0.262. The van der Waals surface area contributed by atoms with Gasteiger partial charge in [-0.15, -0.1) is 0 Å². The Balaban J connectivity index is 1.84. The highest BCUT2D eigenvalue weighted by Crippen LogP contribution is 2.45. The van der Waals surface area contributed by atoms with Crippen LogP contribution < -0.4 is 4.74 Å². The van der Waals surface area contributed by atoms with Gasteiger partial charge in [-0.3, -0.25) is 9.80 Å². The van der Waals surface area contributed by atoms with Gasteiger partial charge in [0.15, 0.2) is 5.78 Å². The third-order valence-electron chi connectivity index (χ3n) is 5.52. The molecule has 0 fully saturated rings. The number of nitrogens with zero attached hydrogens (tertiary/aromatic N) is 2. The Morgan fingerprint density at radius 2 is 2.04 bits per heavy atom. The summed E-state index contributed by atoms with van der Waals surface area (Å²) in [6.07, 6.45) is 3.30. The molecule has 0 saturated heterocycles. The summed E-state index contributed by atoms with van der Waals surface area (Å²) >= 11 is 0. The van der Waals surface area contributed by atoms with Crippen molar-refractivity contribution >= 4 is 11.5 Å². The number of methoxy groups -OCH3 is 1. The van der Waals surface area contributed by atoms with Gasteiger partial charge < -0.3 is 4.74 Å². The van der Waals surface area contributed by atoms with E-state index in [1.165, 1.54) is 18.6 Å². The molecule has 0 amide bonds. The van der Waals surface area contributed by atoms with Crippen molar-refractivity contribution in [2.24, 2.45) is 11.0 Å². The molecule has 5 heteroatoms. The Kier molecular flexibility index (Phi) is 4.75. The second-order valence-corrected chi connectivity index (χ2v) is 7.36. The molecule has 2 aromatic rings. The number of rotatable bonds is 4. The molecule has 0 bridgehead atoms. The number of halogens is 1. The fourth-order valence-electron chi connectivity index (χ4n) is 4.31. The van der Waals surface area contributed by atoms with Gasteiger partial charge in [-0.05, 0) is 56.5 Å². The second-order valence-electron chi connectivity index (χ2n) is 7.36. The van der Waals surface area contributed by atoms with E-state index >= 15 is 0 Å². The van der Waals surface area contributed by atoms with Crippen LogP contribution in [0.4, 0.5) is 4.39 Å². The summed E-state index contributed by atoms with van der Waals surface area (Å²) in [6, 6.07) is 12.6. The van der Waals surface area contributed by atoms with Crippen molar-refractivity contribution in [2.45, 2.75) is 32.7 Å². The topological polar surface area (TPSA) is 41.9 Å². The molecule has 1 heterocycles. The average Bonchev–Trinajstić information content (AvgIpc) is 3.07. The molecule has 0 unspecified atom stereocenters. The Labute approximate surface area is 164 Å². The molecule has 2 aliphatic rings. The molecule has 2 aromatic carbocycles. The van der Waals surface area contributed by atoms with Crippen molar-refractivity contribution in [1.29, 1.82) is 0 Å². The average molecular weight is 378 g/mol. The summed E-state index contributed by atoms with van der Waals surface area (Å²) in [4.78, 5) is 11.7. The number of hydrazone groups is 1. The van der Waals surface area contributed by atoms with E-state index in [0.717, 1.165) is 35.6 Å². The summed E-state index contributed by atoms with van der Waals surface area (Å²) in [7, 11) is 1.66. The Morgan fingerprint density at radius 3 is 2.75 bits per heavy atom. The number of allylic oxidation sites excluding steroid dienone is 2. The quantitative estimate of drug-likeness (QED) is 0.727. The molecule has 1 aliphatic carbocycles. The van der Waals surface area contributed by atoms with Crippen LogP contribution in [-0.4, -0.2) is 23.6 Å². The maximum atomic E-state index is 14.7. The Morgan fingerprint density at radius 1 is 1.25 bits per heavy atom. The summed E-state index contributed by atoms with van der Waals surface area (Å²) in [5.74, 6) is 0.592. The highest BCUT2D eigenvalue weighted by molar-refractivity contribution is 6.06. The highest BCUT2D eigenvalue weighted by atomic mass is 19.1. The van der Waals surface area contributed by atoms with E-state index in [0.29, 0.717) is 5.56 Å². The molecule has 0 N–H and O–H groups in total. The van der Waals surface area contributed by atoms with Crippen LogP contribution in [-0.2, 0) is 11.2 Å². The zero-order valence-electron chi connectivity index (χ0n) is 16.3. The fraction of sp³-hybridized carbons (Fsp3) is 0.304. The lowest BCUT2D eigenvalue weighted by molar-refractivity contribution is -0.112. The maximum Gasteiger partial charge on any atom is 0.154 e. The van der Waals surface area contributed by atoms with E-state index in [1.54, 1.807) is 19.3 Å². The van der Waals surface area contributed by atoms with Gasteiger partial charge in [0.05, 0.1) is 18.9 Å². The lowest BCUT2D eigenvalue weighted by atomic mass is 9.77. The van der Waals surface area contributed by atoms with Gasteiger partial charge in [0.1, 0.15) is 11.6 Å². The number of aryl methyl sites for hydroxylation is 1. The zero-order chi connectivity index (χ0) is 19.8. The molecule has 0 radical (unpaired) electrons. The third-order valence-corrected chi connectivity index (χ3v) is 5.52. The van der Waals surface area contributed by atoms with E-state index in [1.807, 2.05) is 42.3 Å². The Bertz CT molecular complexity index is 996. The largest absolute Gasteiger partial charge is 0.497 e. The molecule has 2 atom stereocenters. The molecule has 4 nitrogen and oxygen atoms in total. The van der Waals surface area contributed by atoms with Crippen molar-refractivity contribution in [1.82, 2.24) is 5.01 Å². The van der Waals surface area contributed by atoms with Crippen LogP contribution in [0.15, 0.2) is 59.3 Å². The zero-order valence-corrected chi connectivity index (χ0v) is 16.3. The number of hydrogen-bond donors (Lipinski definition) is 0. The van der Waals surface area contributed by atoms with Crippen LogP contribution in [0.1, 0.15) is 43.0 Å². The van der Waals surface area contributed by atoms with E-state index in [4.69, 9.17) is 9.84 Å². The van der Waals surface area contributed by atoms with Crippen molar-refractivity contribution in [3.63, 3.8) is 0 Å². The molecule has 144 valence electrons. The Hall–Kier alpha value is -2.95. The van der Waals surface area contributed by atoms with Gasteiger partial charge in [-0.1, -0.05) is 18.2 Å². The van der Waals surface area contributed by atoms with Crippen LogP contribution in [0.2, 0.25) is 0 Å². The number of benzene rings is 2. The first-order valence-corrected chi connectivity index (χ1v) is 9.48. The maximum absolute atomic E-state index is 14.7. The number of carbonyl (C=O) groups excluding carboxylic acids is 1. The van der Waals surface area contributed by atoms with E-state index in [-0.39, 0.29) is 23.6 Å². The summed E-state index contributed by atoms with van der Waals surface area (Å²) in [5.41, 5.74) is 4.55. The molecule has 0 spiro atoms. The van der Waals surface area contributed by atoms with Crippen LogP contribution in [0.25, 0.3) is 0 Å². The smallest absolute Gasteiger partial charge is 0.154 e. The number of carbonyl (C=O) groups is 1. The molecule has 28 heavy (non-hydrogen) atoms. The monoisotopic (exact) mass is 378 g/mol. The first-order valence-electron chi connectivity index (χ1n) is 9.48. The predicted octanol–water partition coefficient (Wildman–Crippen LogP) is 4.65. The van der Waals surface area contributed by atoms with E-state index < -0.39 is 0 Å². The molecule has 0 aromatic heterocycles. The highest BCUT2D eigenvalue weighted by Gasteiger charge is 2.43. The fourth-order valence-corrected chi connectivity index (χ4v) is 4.31. The van der Waals surface area contributed by atoms with Crippen molar-refractivity contribution < 1.29 is 13.9 Å². The van der Waals surface area contributed by atoms with Crippen LogP contribution in [0, 0.1) is 11.7 Å². The predicted molar refractivity (Wildman–Crippen MR) is 107 cm³/mol. The standard InChI is InChI=1S/C23H23FN2O2/c1-14(12-15(2)27)26-23(19-6-4-5-7-21(19)24)20-10-8-16-13-17(28-3)9-11-18(16)22(20)25-26/h4-7,9,11-13,20,23H,8,10H2,1-3H3/b14-12+/t20-,23-/m1/s1.